The van der Waals surface area contributed by atoms with E-state index in [2.05, 4.69) is 15.3 Å². The molecule has 1 aromatic heterocycles. The monoisotopic (exact) mass is 261 g/mol. The Bertz CT molecular complexity index is 587. The molecule has 100 valence electrons. The van der Waals surface area contributed by atoms with E-state index < -0.39 is 5.82 Å². The standard InChI is InChI=1S/C14H16FN3O/c1-3-10-8-13(16-4-2)18-14(17-10)9-5-6-12(19)11(15)7-9/h5-8,19H,3-4H2,1-2H3,(H,16,17,18). The number of phenols is 1. The molecule has 0 unspecified atom stereocenters. The topological polar surface area (TPSA) is 58.0 Å². The molecule has 2 aromatic rings. The number of phenolic OH excluding ortho intramolecular Hbond substituents is 1. The lowest BCUT2D eigenvalue weighted by molar-refractivity contribution is 0.432. The number of nitrogens with one attached hydrogen (secondary N) is 1. The zero-order valence-electron chi connectivity index (χ0n) is 10.9. The van der Waals surface area contributed by atoms with E-state index in [1.54, 1.807) is 6.07 Å². The number of benzene rings is 1. The maximum Gasteiger partial charge on any atom is 0.165 e. The van der Waals surface area contributed by atoms with Crippen LogP contribution in [-0.2, 0) is 6.42 Å². The van der Waals surface area contributed by atoms with Gasteiger partial charge in [0.05, 0.1) is 0 Å². The van der Waals surface area contributed by atoms with Gasteiger partial charge in [0.1, 0.15) is 5.82 Å². The maximum atomic E-state index is 13.4. The number of anilines is 1. The first kappa shape index (κ1) is 13.3. The second-order valence-corrected chi connectivity index (χ2v) is 4.12. The molecule has 0 atom stereocenters. The molecule has 0 aliphatic carbocycles. The summed E-state index contributed by atoms with van der Waals surface area (Å²) in [5, 5.41) is 12.3. The van der Waals surface area contributed by atoms with Crippen LogP contribution in [0, 0.1) is 5.82 Å². The number of aromatic nitrogens is 2. The fourth-order valence-electron chi connectivity index (χ4n) is 1.73. The Hall–Kier alpha value is -2.17. The zero-order valence-corrected chi connectivity index (χ0v) is 10.9. The Morgan fingerprint density at radius 1 is 1.21 bits per heavy atom. The zero-order chi connectivity index (χ0) is 13.8. The maximum absolute atomic E-state index is 13.4. The van der Waals surface area contributed by atoms with E-state index in [4.69, 9.17) is 0 Å². The molecule has 2 N–H and O–H groups in total. The minimum absolute atomic E-state index is 0.373. The van der Waals surface area contributed by atoms with Gasteiger partial charge in [-0.15, -0.1) is 0 Å². The summed E-state index contributed by atoms with van der Waals surface area (Å²) in [6.45, 7) is 4.73. The molecule has 19 heavy (non-hydrogen) atoms. The largest absolute Gasteiger partial charge is 0.505 e. The average Bonchev–Trinajstić information content (AvgIpc) is 2.42. The Morgan fingerprint density at radius 3 is 2.63 bits per heavy atom. The van der Waals surface area contributed by atoms with Crippen LogP contribution in [0.3, 0.4) is 0 Å². The van der Waals surface area contributed by atoms with Crippen molar-refractivity contribution in [2.45, 2.75) is 20.3 Å². The molecule has 0 radical (unpaired) electrons. The molecule has 1 heterocycles. The van der Waals surface area contributed by atoms with Gasteiger partial charge >= 0.3 is 0 Å². The molecule has 0 aliphatic heterocycles. The minimum atomic E-state index is -0.673. The summed E-state index contributed by atoms with van der Waals surface area (Å²) < 4.78 is 13.4. The summed E-state index contributed by atoms with van der Waals surface area (Å²) in [6, 6.07) is 6.02. The molecule has 2 rings (SSSR count). The molecule has 0 aliphatic rings. The van der Waals surface area contributed by atoms with Crippen molar-refractivity contribution in [1.82, 2.24) is 9.97 Å². The summed E-state index contributed by atoms with van der Waals surface area (Å²) in [5.41, 5.74) is 1.43. The molecule has 0 saturated heterocycles. The third-order valence-corrected chi connectivity index (χ3v) is 2.71. The predicted molar refractivity (Wildman–Crippen MR) is 72.6 cm³/mol. The van der Waals surface area contributed by atoms with Crippen LogP contribution in [0.25, 0.3) is 11.4 Å². The lowest BCUT2D eigenvalue weighted by atomic mass is 10.2. The van der Waals surface area contributed by atoms with E-state index in [0.29, 0.717) is 11.4 Å². The van der Waals surface area contributed by atoms with Gasteiger partial charge < -0.3 is 10.4 Å². The van der Waals surface area contributed by atoms with E-state index in [9.17, 15) is 9.50 Å². The Morgan fingerprint density at radius 2 is 2.00 bits per heavy atom. The molecule has 1 aromatic carbocycles. The van der Waals surface area contributed by atoms with Crippen LogP contribution in [0.2, 0.25) is 0 Å². The number of rotatable bonds is 4. The lowest BCUT2D eigenvalue weighted by Gasteiger charge is -2.08. The molecule has 4 nitrogen and oxygen atoms in total. The van der Waals surface area contributed by atoms with E-state index in [1.165, 1.54) is 12.1 Å². The van der Waals surface area contributed by atoms with Crippen LogP contribution in [0.5, 0.6) is 5.75 Å². The van der Waals surface area contributed by atoms with Gasteiger partial charge in [-0.3, -0.25) is 0 Å². The van der Waals surface area contributed by atoms with E-state index in [-0.39, 0.29) is 5.75 Å². The summed E-state index contributed by atoms with van der Waals surface area (Å²) in [4.78, 5) is 8.72. The molecule has 0 amide bonds. The normalized spacial score (nSPS) is 10.5. The second-order valence-electron chi connectivity index (χ2n) is 4.12. The van der Waals surface area contributed by atoms with Gasteiger partial charge in [-0.1, -0.05) is 6.92 Å². The summed E-state index contributed by atoms with van der Waals surface area (Å²) >= 11 is 0. The fourth-order valence-corrected chi connectivity index (χ4v) is 1.73. The molecule has 0 fully saturated rings. The highest BCUT2D eigenvalue weighted by molar-refractivity contribution is 5.59. The number of halogens is 1. The van der Waals surface area contributed by atoms with E-state index in [0.717, 1.165) is 24.5 Å². The SMILES string of the molecule is CCNc1cc(CC)nc(-c2ccc(O)c(F)c2)n1. The molecular formula is C14H16FN3O. The van der Waals surface area contributed by atoms with Gasteiger partial charge in [0, 0.05) is 23.9 Å². The van der Waals surface area contributed by atoms with Gasteiger partial charge in [-0.05, 0) is 31.5 Å². The van der Waals surface area contributed by atoms with Crippen molar-refractivity contribution in [3.8, 4) is 17.1 Å². The van der Waals surface area contributed by atoms with Crippen LogP contribution in [0.4, 0.5) is 10.2 Å². The van der Waals surface area contributed by atoms with E-state index >= 15 is 0 Å². The third kappa shape index (κ3) is 2.99. The Labute approximate surface area is 111 Å². The molecule has 0 spiro atoms. The number of aromatic hydroxyl groups is 1. The van der Waals surface area contributed by atoms with Gasteiger partial charge in [0.2, 0.25) is 0 Å². The van der Waals surface area contributed by atoms with Crippen molar-refractivity contribution in [3.63, 3.8) is 0 Å². The van der Waals surface area contributed by atoms with Crippen molar-refractivity contribution in [3.05, 3.63) is 35.8 Å². The van der Waals surface area contributed by atoms with Crippen molar-refractivity contribution in [2.75, 3.05) is 11.9 Å². The summed E-state index contributed by atoms with van der Waals surface area (Å²) in [7, 11) is 0. The molecule has 5 heteroatoms. The first-order chi connectivity index (χ1) is 9.13. The van der Waals surface area contributed by atoms with Crippen molar-refractivity contribution < 1.29 is 9.50 Å². The number of nitrogens with zero attached hydrogens (tertiary/aromatic N) is 2. The van der Waals surface area contributed by atoms with Crippen LogP contribution in [0.15, 0.2) is 24.3 Å². The van der Waals surface area contributed by atoms with Crippen molar-refractivity contribution in [1.29, 1.82) is 0 Å². The predicted octanol–water partition coefficient (Wildman–Crippen LogP) is 2.98. The second kappa shape index (κ2) is 5.65. The molecule has 0 bridgehead atoms. The summed E-state index contributed by atoms with van der Waals surface area (Å²) in [6.07, 6.45) is 0.772. The van der Waals surface area contributed by atoms with Crippen molar-refractivity contribution >= 4 is 5.82 Å². The highest BCUT2D eigenvalue weighted by Gasteiger charge is 2.09. The van der Waals surface area contributed by atoms with Crippen LogP contribution >= 0.6 is 0 Å². The number of hydrogen-bond donors (Lipinski definition) is 2. The van der Waals surface area contributed by atoms with Crippen LogP contribution < -0.4 is 5.32 Å². The number of aryl methyl sites for hydroxylation is 1. The highest BCUT2D eigenvalue weighted by Crippen LogP contribution is 2.23. The lowest BCUT2D eigenvalue weighted by Crippen LogP contribution is -2.03. The smallest absolute Gasteiger partial charge is 0.165 e. The fraction of sp³-hybridized carbons (Fsp3) is 0.286. The Kier molecular flexibility index (Phi) is 3.94. The first-order valence-corrected chi connectivity index (χ1v) is 6.24. The number of hydrogen-bond acceptors (Lipinski definition) is 4. The van der Waals surface area contributed by atoms with Crippen LogP contribution in [0.1, 0.15) is 19.5 Å². The quantitative estimate of drug-likeness (QED) is 0.888. The summed E-state index contributed by atoms with van der Waals surface area (Å²) in [5.74, 6) is 0.127. The van der Waals surface area contributed by atoms with Gasteiger partial charge in [0.15, 0.2) is 17.4 Å². The van der Waals surface area contributed by atoms with E-state index in [1.807, 2.05) is 19.9 Å². The first-order valence-electron chi connectivity index (χ1n) is 6.24. The molecule has 0 saturated carbocycles. The average molecular weight is 261 g/mol. The van der Waals surface area contributed by atoms with Gasteiger partial charge in [-0.25, -0.2) is 14.4 Å². The van der Waals surface area contributed by atoms with Crippen molar-refractivity contribution in [2.24, 2.45) is 0 Å². The highest BCUT2D eigenvalue weighted by atomic mass is 19.1. The van der Waals surface area contributed by atoms with Crippen LogP contribution in [-0.4, -0.2) is 21.6 Å². The molecular weight excluding hydrogens is 245 g/mol. The van der Waals surface area contributed by atoms with Gasteiger partial charge in [0.25, 0.3) is 0 Å². The van der Waals surface area contributed by atoms with Gasteiger partial charge in [-0.2, -0.15) is 0 Å². The Balaban J connectivity index is 2.47. The third-order valence-electron chi connectivity index (χ3n) is 2.71. The minimum Gasteiger partial charge on any atom is -0.505 e.